The van der Waals surface area contributed by atoms with E-state index in [9.17, 15) is 14.4 Å². The summed E-state index contributed by atoms with van der Waals surface area (Å²) in [5.74, 6) is -0.191. The molecular formula is C18H24N4O3. The first-order valence-electron chi connectivity index (χ1n) is 8.72. The number of hydrogen-bond acceptors (Lipinski definition) is 3. The van der Waals surface area contributed by atoms with E-state index < -0.39 is 12.1 Å². The summed E-state index contributed by atoms with van der Waals surface area (Å²) in [7, 11) is 0. The zero-order valence-electron chi connectivity index (χ0n) is 14.5. The lowest BCUT2D eigenvalue weighted by atomic mass is 10.1. The zero-order valence-corrected chi connectivity index (χ0v) is 14.5. The van der Waals surface area contributed by atoms with Crippen LogP contribution in [0.1, 0.15) is 38.3 Å². The second-order valence-corrected chi connectivity index (χ2v) is 6.66. The maximum absolute atomic E-state index is 12.4. The molecule has 2 aliphatic heterocycles. The van der Waals surface area contributed by atoms with Gasteiger partial charge in [0.1, 0.15) is 12.1 Å². The monoisotopic (exact) mass is 344 g/mol. The average molecular weight is 344 g/mol. The predicted molar refractivity (Wildman–Crippen MR) is 92.7 cm³/mol. The largest absolute Gasteiger partial charge is 0.343 e. The van der Waals surface area contributed by atoms with Crippen molar-refractivity contribution in [2.24, 2.45) is 0 Å². The van der Waals surface area contributed by atoms with E-state index in [1.165, 1.54) is 0 Å². The van der Waals surface area contributed by atoms with Gasteiger partial charge in [0, 0.05) is 6.54 Å². The number of fused-ring (bicyclic) bond motifs is 1. The lowest BCUT2D eigenvalue weighted by molar-refractivity contribution is -0.147. The third-order valence-corrected chi connectivity index (χ3v) is 4.89. The fraction of sp³-hybridized carbons (Fsp3) is 0.500. The van der Waals surface area contributed by atoms with E-state index in [-0.39, 0.29) is 29.9 Å². The van der Waals surface area contributed by atoms with Gasteiger partial charge in [-0.2, -0.15) is 0 Å². The van der Waals surface area contributed by atoms with Gasteiger partial charge in [0.15, 0.2) is 0 Å². The quantitative estimate of drug-likeness (QED) is 0.759. The zero-order chi connectivity index (χ0) is 18.0. The Hall–Kier alpha value is -2.57. The van der Waals surface area contributed by atoms with Gasteiger partial charge < -0.3 is 20.9 Å². The van der Waals surface area contributed by atoms with Crippen molar-refractivity contribution < 1.29 is 14.4 Å². The molecule has 25 heavy (non-hydrogen) atoms. The Morgan fingerprint density at radius 1 is 1.32 bits per heavy atom. The molecule has 4 atom stereocenters. The van der Waals surface area contributed by atoms with Crippen LogP contribution in [-0.4, -0.2) is 47.4 Å². The molecule has 1 aromatic carbocycles. The fourth-order valence-corrected chi connectivity index (χ4v) is 3.49. The van der Waals surface area contributed by atoms with Gasteiger partial charge in [0.05, 0.1) is 12.1 Å². The topological polar surface area (TPSA) is 90.5 Å². The number of rotatable bonds is 4. The average Bonchev–Trinajstić information content (AvgIpc) is 3.03. The van der Waals surface area contributed by atoms with Crippen LogP contribution in [0.5, 0.6) is 0 Å². The number of amides is 4. The predicted octanol–water partition coefficient (Wildman–Crippen LogP) is 0.925. The molecule has 3 N–H and O–H groups in total. The van der Waals surface area contributed by atoms with Crippen LogP contribution >= 0.6 is 0 Å². The van der Waals surface area contributed by atoms with Crippen molar-refractivity contribution >= 4 is 17.8 Å². The molecule has 2 fully saturated rings. The molecule has 7 heteroatoms. The molecule has 2 aliphatic rings. The molecule has 7 nitrogen and oxygen atoms in total. The molecule has 0 saturated carbocycles. The number of carbonyl (C=O) groups is 3. The highest BCUT2D eigenvalue weighted by molar-refractivity contribution is 5.97. The third-order valence-electron chi connectivity index (χ3n) is 4.89. The summed E-state index contributed by atoms with van der Waals surface area (Å²) < 4.78 is 0. The number of hydrogen-bond donors (Lipinski definition) is 3. The third kappa shape index (κ3) is 3.60. The Labute approximate surface area is 147 Å². The second kappa shape index (κ2) is 7.13. The van der Waals surface area contributed by atoms with E-state index in [0.29, 0.717) is 19.4 Å². The number of piperazine rings is 1. The van der Waals surface area contributed by atoms with Gasteiger partial charge >= 0.3 is 6.03 Å². The van der Waals surface area contributed by atoms with Crippen molar-refractivity contribution in [1.29, 1.82) is 0 Å². The molecule has 0 aromatic heterocycles. The highest BCUT2D eigenvalue weighted by atomic mass is 16.2. The van der Waals surface area contributed by atoms with E-state index >= 15 is 0 Å². The Morgan fingerprint density at radius 3 is 2.72 bits per heavy atom. The van der Waals surface area contributed by atoms with Gasteiger partial charge in [0.2, 0.25) is 11.8 Å². The van der Waals surface area contributed by atoms with Gasteiger partial charge in [-0.15, -0.1) is 0 Å². The smallest absolute Gasteiger partial charge is 0.315 e. The molecule has 0 spiro atoms. The van der Waals surface area contributed by atoms with Crippen LogP contribution in [-0.2, 0) is 9.59 Å². The van der Waals surface area contributed by atoms with E-state index in [4.69, 9.17) is 0 Å². The summed E-state index contributed by atoms with van der Waals surface area (Å²) in [6.07, 6.45) is 1.02. The molecule has 4 amide bonds. The minimum atomic E-state index is -0.479. The van der Waals surface area contributed by atoms with Gasteiger partial charge in [-0.1, -0.05) is 37.3 Å². The van der Waals surface area contributed by atoms with Crippen LogP contribution in [0, 0.1) is 0 Å². The highest BCUT2D eigenvalue weighted by Gasteiger charge is 2.46. The lowest BCUT2D eigenvalue weighted by Gasteiger charge is -2.33. The standard InChI is InChI=1S/C18H24N4O3/c1-3-14-17(24)22-10-13(9-15(22)16(23)21-14)20-18(25)19-11(2)12-7-5-4-6-8-12/h4-8,11,13-15H,3,9-10H2,1-2H3,(H,21,23)(H2,19,20,25)/t11-,13-,14-,15-/m0/s1. The SMILES string of the molecule is CC[C@@H]1NC(=O)[C@@H]2C[C@H](NC(=O)N[C@@H](C)c3ccccc3)CN2C1=O. The Morgan fingerprint density at radius 2 is 2.04 bits per heavy atom. The van der Waals surface area contributed by atoms with Crippen LogP contribution in [0.15, 0.2) is 30.3 Å². The molecular weight excluding hydrogens is 320 g/mol. The second-order valence-electron chi connectivity index (χ2n) is 6.66. The van der Waals surface area contributed by atoms with Crippen LogP contribution in [0.3, 0.4) is 0 Å². The first kappa shape index (κ1) is 17.3. The van der Waals surface area contributed by atoms with Crippen molar-refractivity contribution in [2.45, 2.75) is 50.9 Å². The summed E-state index contributed by atoms with van der Waals surface area (Å²) >= 11 is 0. The number of benzene rings is 1. The van der Waals surface area contributed by atoms with Gasteiger partial charge in [0.25, 0.3) is 0 Å². The van der Waals surface area contributed by atoms with E-state index in [0.717, 1.165) is 5.56 Å². The van der Waals surface area contributed by atoms with Crippen molar-refractivity contribution in [1.82, 2.24) is 20.9 Å². The number of carbonyl (C=O) groups excluding carboxylic acids is 3. The van der Waals surface area contributed by atoms with E-state index in [2.05, 4.69) is 16.0 Å². The van der Waals surface area contributed by atoms with Gasteiger partial charge in [-0.25, -0.2) is 4.79 Å². The van der Waals surface area contributed by atoms with Crippen LogP contribution in [0.25, 0.3) is 0 Å². The van der Waals surface area contributed by atoms with Crippen molar-refractivity contribution in [3.63, 3.8) is 0 Å². The Bertz CT molecular complexity index is 664. The maximum Gasteiger partial charge on any atom is 0.315 e. The summed E-state index contributed by atoms with van der Waals surface area (Å²) in [6, 6.07) is 8.12. The van der Waals surface area contributed by atoms with Crippen LogP contribution in [0.4, 0.5) is 4.79 Å². The van der Waals surface area contributed by atoms with Gasteiger partial charge in [-0.3, -0.25) is 9.59 Å². The molecule has 134 valence electrons. The van der Waals surface area contributed by atoms with Crippen LogP contribution < -0.4 is 16.0 Å². The molecule has 0 unspecified atom stereocenters. The Balaban J connectivity index is 1.57. The summed E-state index contributed by atoms with van der Waals surface area (Å²) in [6.45, 7) is 4.16. The number of nitrogens with one attached hydrogen (secondary N) is 3. The van der Waals surface area contributed by atoms with Crippen molar-refractivity contribution in [3.05, 3.63) is 35.9 Å². The van der Waals surface area contributed by atoms with E-state index in [1.807, 2.05) is 44.2 Å². The Kier molecular flexibility index (Phi) is 4.92. The van der Waals surface area contributed by atoms with Crippen LogP contribution in [0.2, 0.25) is 0 Å². The molecule has 3 rings (SSSR count). The van der Waals surface area contributed by atoms with Crippen molar-refractivity contribution in [2.75, 3.05) is 6.54 Å². The maximum atomic E-state index is 12.4. The van der Waals surface area contributed by atoms with E-state index in [1.54, 1.807) is 4.90 Å². The molecule has 2 heterocycles. The first-order chi connectivity index (χ1) is 12.0. The minimum Gasteiger partial charge on any atom is -0.343 e. The van der Waals surface area contributed by atoms with Gasteiger partial charge in [-0.05, 0) is 25.3 Å². The summed E-state index contributed by atoms with van der Waals surface area (Å²) in [5.41, 5.74) is 1.02. The molecule has 2 saturated heterocycles. The number of nitrogens with zero attached hydrogens (tertiary/aromatic N) is 1. The molecule has 0 bridgehead atoms. The minimum absolute atomic E-state index is 0.0607. The number of urea groups is 1. The van der Waals surface area contributed by atoms with Crippen molar-refractivity contribution in [3.8, 4) is 0 Å². The lowest BCUT2D eigenvalue weighted by Crippen LogP contribution is -2.60. The fourth-order valence-electron chi connectivity index (χ4n) is 3.49. The first-order valence-corrected chi connectivity index (χ1v) is 8.72. The molecule has 0 radical (unpaired) electrons. The summed E-state index contributed by atoms with van der Waals surface area (Å²) in [4.78, 5) is 38.4. The summed E-state index contributed by atoms with van der Waals surface area (Å²) in [5, 5.41) is 8.53. The molecule has 0 aliphatic carbocycles. The normalized spacial score (nSPS) is 26.6. The molecule has 1 aromatic rings. The highest BCUT2D eigenvalue weighted by Crippen LogP contribution is 2.23.